The fourth-order valence-electron chi connectivity index (χ4n) is 1.43. The van der Waals surface area contributed by atoms with Crippen LogP contribution in [0.2, 0.25) is 0 Å². The lowest BCUT2D eigenvalue weighted by atomic mass is 10.0. The normalized spacial score (nSPS) is 22.9. The van der Waals surface area contributed by atoms with Crippen LogP contribution in [0.5, 0.6) is 0 Å². The Bertz CT molecular complexity index is 385. The van der Waals surface area contributed by atoms with Gasteiger partial charge in [-0.1, -0.05) is 43.4 Å². The van der Waals surface area contributed by atoms with E-state index in [2.05, 4.69) is 30.1 Å². The van der Waals surface area contributed by atoms with E-state index in [1.54, 1.807) is 0 Å². The molecule has 0 radical (unpaired) electrons. The van der Waals surface area contributed by atoms with Crippen LogP contribution < -0.4 is 0 Å². The first-order valence-corrected chi connectivity index (χ1v) is 4.85. The summed E-state index contributed by atoms with van der Waals surface area (Å²) in [6, 6.07) is 10.1. The van der Waals surface area contributed by atoms with Crippen molar-refractivity contribution in [2.24, 2.45) is 10.9 Å². The fraction of sp³-hybridized carbons (Fsp3) is 0.154. The Hall–Kier alpha value is -1.63. The first-order chi connectivity index (χ1) is 6.86. The molecule has 1 aliphatic carbocycles. The van der Waals surface area contributed by atoms with Crippen molar-refractivity contribution >= 4 is 11.4 Å². The highest BCUT2D eigenvalue weighted by atomic mass is 14.7. The number of rotatable bonds is 1. The van der Waals surface area contributed by atoms with Crippen LogP contribution in [0.1, 0.15) is 6.92 Å². The molecule has 0 saturated heterocycles. The Labute approximate surface area is 84.5 Å². The van der Waals surface area contributed by atoms with Crippen LogP contribution in [-0.2, 0) is 0 Å². The van der Waals surface area contributed by atoms with Gasteiger partial charge in [0.25, 0.3) is 0 Å². The van der Waals surface area contributed by atoms with Crippen molar-refractivity contribution in [2.45, 2.75) is 6.92 Å². The molecule has 0 spiro atoms. The van der Waals surface area contributed by atoms with Gasteiger partial charge in [-0.05, 0) is 18.2 Å². The summed E-state index contributed by atoms with van der Waals surface area (Å²) in [4.78, 5) is 4.58. The number of benzene rings is 1. The van der Waals surface area contributed by atoms with E-state index in [-0.39, 0.29) is 0 Å². The number of hydrogen-bond donors (Lipinski definition) is 0. The van der Waals surface area contributed by atoms with Gasteiger partial charge in [-0.3, -0.25) is 4.99 Å². The van der Waals surface area contributed by atoms with Gasteiger partial charge in [0.05, 0.1) is 5.69 Å². The van der Waals surface area contributed by atoms with Gasteiger partial charge in [0.1, 0.15) is 0 Å². The smallest absolute Gasteiger partial charge is 0.0633 e. The largest absolute Gasteiger partial charge is 0.253 e. The van der Waals surface area contributed by atoms with E-state index in [1.807, 2.05) is 36.4 Å². The van der Waals surface area contributed by atoms with E-state index in [1.165, 1.54) is 0 Å². The first kappa shape index (κ1) is 8.95. The Morgan fingerprint density at radius 3 is 2.57 bits per heavy atom. The van der Waals surface area contributed by atoms with E-state index in [9.17, 15) is 0 Å². The summed E-state index contributed by atoms with van der Waals surface area (Å²) < 4.78 is 0. The van der Waals surface area contributed by atoms with Crippen LogP contribution in [0.3, 0.4) is 0 Å². The lowest BCUT2D eigenvalue weighted by Gasteiger charge is -2.09. The average molecular weight is 183 g/mol. The molecule has 14 heavy (non-hydrogen) atoms. The molecule has 1 atom stereocenters. The van der Waals surface area contributed by atoms with Crippen LogP contribution in [0.4, 0.5) is 5.69 Å². The van der Waals surface area contributed by atoms with Crippen molar-refractivity contribution < 1.29 is 0 Å². The summed E-state index contributed by atoms with van der Waals surface area (Å²) in [5.74, 6) is 0.417. The van der Waals surface area contributed by atoms with Crippen LogP contribution >= 0.6 is 0 Å². The molecule has 1 aromatic rings. The molecule has 0 fully saturated rings. The molecule has 1 aliphatic rings. The zero-order valence-corrected chi connectivity index (χ0v) is 8.22. The number of aliphatic imine (C=N–C) groups is 1. The Balaban J connectivity index is 2.27. The predicted octanol–water partition coefficient (Wildman–Crippen LogP) is 3.52. The van der Waals surface area contributed by atoms with Gasteiger partial charge in [-0.15, -0.1) is 0 Å². The third kappa shape index (κ3) is 1.99. The molecule has 70 valence electrons. The highest BCUT2D eigenvalue weighted by molar-refractivity contribution is 6.00. The molecule has 0 aliphatic heterocycles. The van der Waals surface area contributed by atoms with Gasteiger partial charge in [0.2, 0.25) is 0 Å². The van der Waals surface area contributed by atoms with E-state index in [0.717, 1.165) is 11.4 Å². The zero-order valence-electron chi connectivity index (χ0n) is 8.22. The highest BCUT2D eigenvalue weighted by Gasteiger charge is 2.05. The summed E-state index contributed by atoms with van der Waals surface area (Å²) in [5.41, 5.74) is 2.15. The molecule has 1 aromatic carbocycles. The summed E-state index contributed by atoms with van der Waals surface area (Å²) in [7, 11) is 0. The highest BCUT2D eigenvalue weighted by Crippen LogP contribution is 2.16. The average Bonchev–Trinajstić information content (AvgIpc) is 2.23. The molecule has 0 amide bonds. The summed E-state index contributed by atoms with van der Waals surface area (Å²) in [6.45, 7) is 2.15. The maximum atomic E-state index is 4.58. The van der Waals surface area contributed by atoms with E-state index < -0.39 is 0 Å². The number of hydrogen-bond acceptors (Lipinski definition) is 1. The van der Waals surface area contributed by atoms with Crippen LogP contribution in [-0.4, -0.2) is 5.71 Å². The van der Waals surface area contributed by atoms with E-state index in [0.29, 0.717) is 5.92 Å². The third-order valence-electron chi connectivity index (χ3n) is 2.26. The topological polar surface area (TPSA) is 12.4 Å². The quantitative estimate of drug-likeness (QED) is 0.631. The predicted molar refractivity (Wildman–Crippen MR) is 61.0 cm³/mol. The van der Waals surface area contributed by atoms with E-state index in [4.69, 9.17) is 0 Å². The van der Waals surface area contributed by atoms with Crippen molar-refractivity contribution in [2.75, 3.05) is 0 Å². The number of nitrogens with zero attached hydrogens (tertiary/aromatic N) is 1. The lowest BCUT2D eigenvalue weighted by molar-refractivity contribution is 0.996. The molecule has 2 rings (SSSR count). The van der Waals surface area contributed by atoms with Crippen molar-refractivity contribution in [1.29, 1.82) is 0 Å². The third-order valence-corrected chi connectivity index (χ3v) is 2.26. The van der Waals surface area contributed by atoms with Gasteiger partial charge >= 0.3 is 0 Å². The molecular weight excluding hydrogens is 170 g/mol. The van der Waals surface area contributed by atoms with Gasteiger partial charge in [-0.25, -0.2) is 0 Å². The fourth-order valence-corrected chi connectivity index (χ4v) is 1.43. The summed E-state index contributed by atoms with van der Waals surface area (Å²) in [6.07, 6.45) is 8.32. The Morgan fingerprint density at radius 2 is 1.86 bits per heavy atom. The van der Waals surface area contributed by atoms with Crippen molar-refractivity contribution in [3.63, 3.8) is 0 Å². The van der Waals surface area contributed by atoms with Crippen LogP contribution in [0, 0.1) is 5.92 Å². The molecule has 0 aromatic heterocycles. The van der Waals surface area contributed by atoms with Crippen molar-refractivity contribution in [3.8, 4) is 0 Å². The molecule has 1 unspecified atom stereocenters. The number of allylic oxidation sites excluding steroid dienone is 4. The lowest BCUT2D eigenvalue weighted by Crippen LogP contribution is -2.07. The minimum atomic E-state index is 0.417. The van der Waals surface area contributed by atoms with Crippen LogP contribution in [0.25, 0.3) is 0 Å². The van der Waals surface area contributed by atoms with Gasteiger partial charge in [-0.2, -0.15) is 0 Å². The molecular formula is C13H13N. The minimum Gasteiger partial charge on any atom is -0.253 e. The van der Waals surface area contributed by atoms with Crippen LogP contribution in [0.15, 0.2) is 59.6 Å². The standard InChI is InChI=1S/C13H13N/c1-11-7-5-6-10-13(11)14-12-8-3-2-4-9-12/h2-11H,1H3. The molecule has 0 heterocycles. The summed E-state index contributed by atoms with van der Waals surface area (Å²) in [5, 5.41) is 0. The minimum absolute atomic E-state index is 0.417. The zero-order chi connectivity index (χ0) is 9.80. The molecule has 0 saturated carbocycles. The molecule has 1 heteroatoms. The Kier molecular flexibility index (Phi) is 2.59. The first-order valence-electron chi connectivity index (χ1n) is 4.85. The molecule has 1 nitrogen and oxygen atoms in total. The second kappa shape index (κ2) is 4.05. The van der Waals surface area contributed by atoms with Gasteiger partial charge < -0.3 is 0 Å². The number of para-hydroxylation sites is 1. The van der Waals surface area contributed by atoms with E-state index >= 15 is 0 Å². The van der Waals surface area contributed by atoms with Crippen molar-refractivity contribution in [3.05, 3.63) is 54.6 Å². The van der Waals surface area contributed by atoms with Gasteiger partial charge in [0, 0.05) is 11.6 Å². The molecule has 0 N–H and O–H groups in total. The molecule has 0 bridgehead atoms. The summed E-state index contributed by atoms with van der Waals surface area (Å²) >= 11 is 0. The second-order valence-corrected chi connectivity index (χ2v) is 3.40. The monoisotopic (exact) mass is 183 g/mol. The SMILES string of the molecule is CC1C=CC=CC1=Nc1ccccc1. The Morgan fingerprint density at radius 1 is 1.07 bits per heavy atom. The maximum absolute atomic E-state index is 4.58. The maximum Gasteiger partial charge on any atom is 0.0633 e. The second-order valence-electron chi connectivity index (χ2n) is 3.40. The van der Waals surface area contributed by atoms with Crippen molar-refractivity contribution in [1.82, 2.24) is 0 Å². The van der Waals surface area contributed by atoms with Gasteiger partial charge in [0.15, 0.2) is 0 Å².